The van der Waals surface area contributed by atoms with Crippen molar-refractivity contribution in [2.75, 3.05) is 14.2 Å². The van der Waals surface area contributed by atoms with Crippen LogP contribution in [-0.4, -0.2) is 37.0 Å². The van der Waals surface area contributed by atoms with Gasteiger partial charge in [-0.3, -0.25) is 4.79 Å². The minimum absolute atomic E-state index is 0.116. The number of carbonyl (C=O) groups excluding carboxylic acids is 1. The molecule has 0 bridgehead atoms. The molecule has 1 amide bonds. The second-order valence-electron chi connectivity index (χ2n) is 9.77. The summed E-state index contributed by atoms with van der Waals surface area (Å²) in [4.78, 5) is 10.2. The van der Waals surface area contributed by atoms with Gasteiger partial charge in [0, 0.05) is 6.92 Å². The van der Waals surface area contributed by atoms with E-state index in [0.29, 0.717) is 23.0 Å². The third kappa shape index (κ3) is 9.88. The van der Waals surface area contributed by atoms with Gasteiger partial charge in [-0.05, 0) is 84.6 Å². The van der Waals surface area contributed by atoms with Crippen LogP contribution in [0.5, 0.6) is 34.5 Å². The molecular formula is C32H34F2N2O9S2. The SMILES string of the molecule is CCc1ccc(Oc2ccc(S(=O)(=O)NC(C)=O)cc2F)c(OC)c1.CCc1ccc(Oc2ccc(S(N)(=O)=O)cc2F)c(OC)c1. The molecule has 15 heteroatoms. The lowest BCUT2D eigenvalue weighted by atomic mass is 10.1. The maximum absolute atomic E-state index is 14.2. The van der Waals surface area contributed by atoms with E-state index in [9.17, 15) is 30.4 Å². The number of nitrogens with two attached hydrogens (primary N) is 1. The van der Waals surface area contributed by atoms with E-state index in [-0.39, 0.29) is 21.3 Å². The lowest BCUT2D eigenvalue weighted by molar-refractivity contribution is -0.117. The second kappa shape index (κ2) is 15.7. The summed E-state index contributed by atoms with van der Waals surface area (Å²) in [5.41, 5.74) is 2.08. The quantitative estimate of drug-likeness (QED) is 0.197. The lowest BCUT2D eigenvalue weighted by Crippen LogP contribution is -2.28. The molecule has 0 atom stereocenters. The van der Waals surface area contributed by atoms with Gasteiger partial charge in [-0.15, -0.1) is 0 Å². The van der Waals surface area contributed by atoms with Crippen LogP contribution in [0.25, 0.3) is 0 Å². The lowest BCUT2D eigenvalue weighted by Gasteiger charge is -2.13. The van der Waals surface area contributed by atoms with Crippen molar-refractivity contribution >= 4 is 26.0 Å². The Hall–Kier alpha value is -4.73. The number of rotatable bonds is 11. The van der Waals surface area contributed by atoms with E-state index in [2.05, 4.69) is 0 Å². The van der Waals surface area contributed by atoms with Crippen molar-refractivity contribution in [3.8, 4) is 34.5 Å². The van der Waals surface area contributed by atoms with Gasteiger partial charge in [-0.1, -0.05) is 26.0 Å². The van der Waals surface area contributed by atoms with Crippen LogP contribution in [0, 0.1) is 11.6 Å². The monoisotopic (exact) mass is 692 g/mol. The summed E-state index contributed by atoms with van der Waals surface area (Å²) < 4.78 is 97.5. The van der Waals surface area contributed by atoms with Crippen LogP contribution < -0.4 is 28.8 Å². The van der Waals surface area contributed by atoms with E-state index in [1.807, 2.05) is 26.0 Å². The number of sulfonamides is 2. The van der Waals surface area contributed by atoms with Crippen molar-refractivity contribution in [1.29, 1.82) is 0 Å². The Morgan fingerprint density at radius 3 is 1.43 bits per heavy atom. The van der Waals surface area contributed by atoms with Crippen LogP contribution in [0.3, 0.4) is 0 Å². The van der Waals surface area contributed by atoms with E-state index < -0.39 is 37.6 Å². The van der Waals surface area contributed by atoms with Crippen molar-refractivity contribution in [1.82, 2.24) is 4.72 Å². The van der Waals surface area contributed by atoms with Crippen molar-refractivity contribution < 1.29 is 49.4 Å². The normalized spacial score (nSPS) is 11.1. The van der Waals surface area contributed by atoms with Gasteiger partial charge in [0.25, 0.3) is 10.0 Å². The Kier molecular flexibility index (Phi) is 12.3. The Labute approximate surface area is 272 Å². The fraction of sp³-hybridized carbons (Fsp3) is 0.219. The number of halogens is 2. The summed E-state index contributed by atoms with van der Waals surface area (Å²) in [7, 11) is -5.11. The number of methoxy groups -OCH3 is 2. The van der Waals surface area contributed by atoms with Crippen LogP contribution in [0.1, 0.15) is 31.9 Å². The first kappa shape index (κ1) is 36.7. The fourth-order valence-electron chi connectivity index (χ4n) is 3.99. The van der Waals surface area contributed by atoms with Crippen molar-refractivity contribution in [3.63, 3.8) is 0 Å². The molecule has 0 saturated heterocycles. The fourth-order valence-corrected chi connectivity index (χ4v) is 5.52. The first-order valence-electron chi connectivity index (χ1n) is 14.0. The molecule has 47 heavy (non-hydrogen) atoms. The zero-order valence-electron chi connectivity index (χ0n) is 26.2. The van der Waals surface area contributed by atoms with Crippen LogP contribution in [0.4, 0.5) is 8.78 Å². The molecule has 0 heterocycles. The summed E-state index contributed by atoms with van der Waals surface area (Å²) in [5.74, 6) is -1.21. The molecule has 0 spiro atoms. The number of aryl methyl sites for hydroxylation is 2. The molecule has 4 aromatic carbocycles. The van der Waals surface area contributed by atoms with Gasteiger partial charge in [-0.2, -0.15) is 0 Å². The Bertz CT molecular complexity index is 1970. The largest absolute Gasteiger partial charge is 0.493 e. The summed E-state index contributed by atoms with van der Waals surface area (Å²) >= 11 is 0. The molecule has 0 aliphatic heterocycles. The average Bonchev–Trinajstić information content (AvgIpc) is 3.02. The van der Waals surface area contributed by atoms with Crippen LogP contribution in [0.15, 0.2) is 82.6 Å². The summed E-state index contributed by atoms with van der Waals surface area (Å²) in [6.07, 6.45) is 1.63. The molecule has 4 aromatic rings. The third-order valence-corrected chi connectivity index (χ3v) is 8.78. The van der Waals surface area contributed by atoms with Gasteiger partial charge in [0.15, 0.2) is 46.1 Å². The maximum Gasteiger partial charge on any atom is 0.264 e. The number of primary sulfonamides is 1. The van der Waals surface area contributed by atoms with Crippen LogP contribution >= 0.6 is 0 Å². The topological polar surface area (TPSA) is 160 Å². The molecule has 0 aliphatic carbocycles. The molecule has 0 aliphatic rings. The summed E-state index contributed by atoms with van der Waals surface area (Å²) in [5, 5.41) is 4.95. The van der Waals surface area contributed by atoms with Crippen LogP contribution in [0.2, 0.25) is 0 Å². The highest BCUT2D eigenvalue weighted by atomic mass is 32.2. The second-order valence-corrected chi connectivity index (χ2v) is 13.0. The molecule has 11 nitrogen and oxygen atoms in total. The van der Waals surface area contributed by atoms with Gasteiger partial charge in [-0.25, -0.2) is 35.5 Å². The average molecular weight is 693 g/mol. The molecule has 0 radical (unpaired) electrons. The number of nitrogens with one attached hydrogen (secondary N) is 1. The van der Waals surface area contributed by atoms with E-state index in [0.717, 1.165) is 49.1 Å². The zero-order valence-corrected chi connectivity index (χ0v) is 27.8. The highest BCUT2D eigenvalue weighted by molar-refractivity contribution is 7.90. The first-order valence-corrected chi connectivity index (χ1v) is 17.0. The molecule has 0 fully saturated rings. The number of carbonyl (C=O) groups is 1. The molecule has 0 unspecified atom stereocenters. The summed E-state index contributed by atoms with van der Waals surface area (Å²) in [6.45, 7) is 5.04. The molecule has 252 valence electrons. The predicted molar refractivity (Wildman–Crippen MR) is 170 cm³/mol. The van der Waals surface area contributed by atoms with E-state index in [1.54, 1.807) is 29.0 Å². The predicted octanol–water partition coefficient (Wildman–Crippen LogP) is 5.85. The zero-order chi connectivity index (χ0) is 34.9. The maximum atomic E-state index is 14.2. The third-order valence-electron chi connectivity index (χ3n) is 6.44. The summed E-state index contributed by atoms with van der Waals surface area (Å²) in [6, 6.07) is 16.9. The standard InChI is InChI=1S/C17H18FNO5S.C15H16FNO4S/c1-4-12-5-7-16(17(9-12)23-3)24-15-8-6-13(10-14(15)18)25(21,22)19-11(2)20;1-3-10-4-6-14(15(8-10)20-2)21-13-7-5-11(9-12(13)16)22(17,18)19/h5-10H,4H2,1-3H3,(H,19,20);4-9H,3H2,1-2H3,(H2,17,18,19). The first-order chi connectivity index (χ1) is 22.1. The van der Waals surface area contributed by atoms with Crippen molar-refractivity contribution in [2.45, 2.75) is 43.4 Å². The van der Waals surface area contributed by atoms with Crippen LogP contribution in [-0.2, 0) is 37.7 Å². The van der Waals surface area contributed by atoms with Crippen molar-refractivity contribution in [2.24, 2.45) is 5.14 Å². The molecule has 0 aromatic heterocycles. The minimum Gasteiger partial charge on any atom is -0.493 e. The number of benzene rings is 4. The Morgan fingerprint density at radius 2 is 1.06 bits per heavy atom. The van der Waals surface area contributed by atoms with Gasteiger partial charge < -0.3 is 18.9 Å². The highest BCUT2D eigenvalue weighted by Gasteiger charge is 2.19. The molecule has 3 N–H and O–H groups in total. The number of hydrogen-bond acceptors (Lipinski definition) is 9. The van der Waals surface area contributed by atoms with E-state index >= 15 is 0 Å². The number of amides is 1. The molecule has 0 saturated carbocycles. The van der Waals surface area contributed by atoms with Gasteiger partial charge >= 0.3 is 0 Å². The molecular weight excluding hydrogens is 658 g/mol. The highest BCUT2D eigenvalue weighted by Crippen LogP contribution is 2.35. The Morgan fingerprint density at radius 1 is 0.660 bits per heavy atom. The van der Waals surface area contributed by atoms with Gasteiger partial charge in [0.05, 0.1) is 24.0 Å². The van der Waals surface area contributed by atoms with Crippen molar-refractivity contribution in [3.05, 3.63) is 95.6 Å². The van der Waals surface area contributed by atoms with E-state index in [4.69, 9.17) is 24.1 Å². The number of hydrogen-bond donors (Lipinski definition) is 2. The smallest absolute Gasteiger partial charge is 0.264 e. The van der Waals surface area contributed by atoms with E-state index in [1.165, 1.54) is 32.4 Å². The molecule has 4 rings (SSSR count). The number of ether oxygens (including phenoxy) is 4. The Balaban J connectivity index is 0.000000257. The van der Waals surface area contributed by atoms with Gasteiger partial charge in [0.1, 0.15) is 0 Å². The van der Waals surface area contributed by atoms with Gasteiger partial charge in [0.2, 0.25) is 15.9 Å². The minimum atomic E-state index is -4.11.